The minimum atomic E-state index is -1.64. The van der Waals surface area contributed by atoms with Crippen molar-refractivity contribution in [2.24, 2.45) is 0 Å². The standard InChI is InChI=1S/C21H20O10.C15H10O5.C6H12O6/c22-7-15-18(26)19(27)20(28)21(31-15)30-11-5-13(24)16-14(6-11)29-8-12(17(16)25)9-1-3-10(23)4-2-9;16-9-3-1-8(2-4-9)11-7-20-13-6-10(17)5-12(18)14(13)15(11)19;7-1-2-3(8)4(9)5(10)6(11)12-2/h1-6,8,15,18-24,26-28H,7H2;1-7,16-18H;2-11H,1H2/t15?,18-,19-,20?,21-;;2?,3-,4-,5?,6-/m1.1/s1. The van der Waals surface area contributed by atoms with Crippen LogP contribution in [0.25, 0.3) is 44.2 Å². The van der Waals surface area contributed by atoms with Gasteiger partial charge in [-0.05, 0) is 35.4 Å². The van der Waals surface area contributed by atoms with E-state index in [-0.39, 0.29) is 61.8 Å². The summed E-state index contributed by atoms with van der Waals surface area (Å²) in [6, 6.07) is 16.7. The lowest BCUT2D eigenvalue weighted by atomic mass is 9.99. The van der Waals surface area contributed by atoms with Crippen molar-refractivity contribution < 1.29 is 94.5 Å². The fourth-order valence-corrected chi connectivity index (χ4v) is 6.56. The molecule has 21 heteroatoms. The average molecular weight is 883 g/mol. The Hall–Kier alpha value is -6.34. The molecule has 0 aliphatic carbocycles. The zero-order valence-electron chi connectivity index (χ0n) is 32.4. The lowest BCUT2D eigenvalue weighted by Crippen LogP contribution is -2.60. The Morgan fingerprint density at radius 2 is 0.937 bits per heavy atom. The molecule has 4 aromatic carbocycles. The van der Waals surface area contributed by atoms with E-state index in [2.05, 4.69) is 4.74 Å². The number of aromatic hydroxyl groups is 5. The van der Waals surface area contributed by atoms with Gasteiger partial charge in [0.2, 0.25) is 17.1 Å². The number of fused-ring (bicyclic) bond motifs is 2. The first kappa shape index (κ1) is 46.2. The zero-order chi connectivity index (χ0) is 45.9. The van der Waals surface area contributed by atoms with Crippen LogP contribution in [0.5, 0.6) is 34.5 Å². The molecule has 4 heterocycles. The summed E-state index contributed by atoms with van der Waals surface area (Å²) >= 11 is 0. The largest absolute Gasteiger partial charge is 0.508 e. The molecule has 0 saturated carbocycles. The van der Waals surface area contributed by atoms with Crippen molar-refractivity contribution in [3.63, 3.8) is 0 Å². The molecule has 336 valence electrons. The predicted molar refractivity (Wildman–Crippen MR) is 215 cm³/mol. The molecule has 21 nitrogen and oxygen atoms in total. The van der Waals surface area contributed by atoms with Gasteiger partial charge in [0, 0.05) is 24.3 Å². The maximum Gasteiger partial charge on any atom is 0.229 e. The highest BCUT2D eigenvalue weighted by atomic mass is 16.7. The van der Waals surface area contributed by atoms with Crippen LogP contribution in [-0.4, -0.2) is 146 Å². The summed E-state index contributed by atoms with van der Waals surface area (Å²) in [6.07, 6.45) is -12.0. The molecular formula is C42H42O21. The summed E-state index contributed by atoms with van der Waals surface area (Å²) in [5.74, 6) is -0.898. The van der Waals surface area contributed by atoms with Gasteiger partial charge in [0.05, 0.1) is 24.3 Å². The Labute approximate surface area is 353 Å². The lowest BCUT2D eigenvalue weighted by molar-refractivity contribution is -0.286. The first-order valence-corrected chi connectivity index (χ1v) is 18.7. The molecule has 2 aromatic heterocycles. The van der Waals surface area contributed by atoms with E-state index < -0.39 is 91.2 Å². The molecule has 2 aliphatic heterocycles. The van der Waals surface area contributed by atoms with E-state index in [1.165, 1.54) is 61.1 Å². The monoisotopic (exact) mass is 882 g/mol. The van der Waals surface area contributed by atoms with Crippen molar-refractivity contribution in [3.8, 4) is 56.8 Å². The van der Waals surface area contributed by atoms with Crippen LogP contribution in [0.15, 0.2) is 104 Å². The van der Waals surface area contributed by atoms with E-state index in [0.717, 1.165) is 12.1 Å². The van der Waals surface area contributed by atoms with Gasteiger partial charge in [0.1, 0.15) is 118 Å². The molecule has 2 saturated heterocycles. The van der Waals surface area contributed by atoms with E-state index >= 15 is 0 Å². The van der Waals surface area contributed by atoms with E-state index in [0.29, 0.717) is 11.1 Å². The van der Waals surface area contributed by atoms with Crippen LogP contribution in [0.1, 0.15) is 0 Å². The summed E-state index contributed by atoms with van der Waals surface area (Å²) in [7, 11) is 0. The molecule has 10 atom stereocenters. The van der Waals surface area contributed by atoms with Crippen molar-refractivity contribution in [1.82, 2.24) is 0 Å². The summed E-state index contributed by atoms with van der Waals surface area (Å²) in [5, 5.41) is 132. The first-order valence-electron chi connectivity index (χ1n) is 18.7. The smallest absolute Gasteiger partial charge is 0.229 e. The van der Waals surface area contributed by atoms with Gasteiger partial charge in [-0.3, -0.25) is 9.59 Å². The highest BCUT2D eigenvalue weighted by Gasteiger charge is 2.45. The van der Waals surface area contributed by atoms with Crippen LogP contribution in [0.4, 0.5) is 0 Å². The number of phenols is 5. The van der Waals surface area contributed by atoms with Gasteiger partial charge in [-0.1, -0.05) is 24.3 Å². The summed E-state index contributed by atoms with van der Waals surface area (Å²) in [5.41, 5.74) is 0.657. The van der Waals surface area contributed by atoms with Crippen molar-refractivity contribution in [1.29, 1.82) is 0 Å². The van der Waals surface area contributed by atoms with Crippen LogP contribution in [-0.2, 0) is 9.47 Å². The summed E-state index contributed by atoms with van der Waals surface area (Å²) in [6.45, 7) is -1.15. The molecular weight excluding hydrogens is 840 g/mol. The SMILES string of the molecule is O=c1c(-c2ccc(O)cc2)coc2cc(O)cc(O)c12.O=c1c(-c2ccc(O)cc2)coc2cc(O[C@@H]3OC(CO)[C@@H](O)[C@@H](O)C3O)cc(O)c12.OCC1O[C@@H](O)C(O)[C@H](O)[C@@H]1O. The Balaban J connectivity index is 0.000000176. The van der Waals surface area contributed by atoms with Gasteiger partial charge in [0.25, 0.3) is 0 Å². The second kappa shape index (κ2) is 19.4. The van der Waals surface area contributed by atoms with E-state index in [1.807, 2.05) is 0 Å². The Bertz CT molecular complexity index is 2620. The maximum atomic E-state index is 12.9. The highest BCUT2D eigenvalue weighted by molar-refractivity contribution is 5.89. The second-order valence-electron chi connectivity index (χ2n) is 14.2. The number of ether oxygens (including phenoxy) is 3. The van der Waals surface area contributed by atoms with Gasteiger partial charge < -0.3 is 94.5 Å². The molecule has 2 fully saturated rings. The maximum absolute atomic E-state index is 12.9. The molecule has 2 aliphatic rings. The number of aliphatic hydroxyl groups excluding tert-OH is 9. The van der Waals surface area contributed by atoms with Crippen LogP contribution in [0, 0.1) is 0 Å². The van der Waals surface area contributed by atoms with Crippen molar-refractivity contribution in [2.45, 2.75) is 61.4 Å². The lowest BCUT2D eigenvalue weighted by Gasteiger charge is -2.39. The Morgan fingerprint density at radius 1 is 0.492 bits per heavy atom. The molecule has 8 rings (SSSR count). The van der Waals surface area contributed by atoms with Gasteiger partial charge >= 0.3 is 0 Å². The predicted octanol–water partition coefficient (Wildman–Crippen LogP) is -0.595. The normalized spacial score (nSPS) is 25.7. The average Bonchev–Trinajstić information content (AvgIpc) is 3.25. The fraction of sp³-hybridized carbons (Fsp3) is 0.286. The highest BCUT2D eigenvalue weighted by Crippen LogP contribution is 2.34. The minimum absolute atomic E-state index is 0.00730. The van der Waals surface area contributed by atoms with Crippen LogP contribution < -0.4 is 15.6 Å². The van der Waals surface area contributed by atoms with Crippen LogP contribution in [0.3, 0.4) is 0 Å². The van der Waals surface area contributed by atoms with E-state index in [1.54, 1.807) is 12.1 Å². The van der Waals surface area contributed by atoms with Gasteiger partial charge in [-0.15, -0.1) is 0 Å². The van der Waals surface area contributed by atoms with E-state index in [9.17, 15) is 55.5 Å². The van der Waals surface area contributed by atoms with Crippen LogP contribution in [0.2, 0.25) is 0 Å². The molecule has 0 spiro atoms. The third-order valence-electron chi connectivity index (χ3n) is 10.00. The molecule has 14 N–H and O–H groups in total. The molecule has 63 heavy (non-hydrogen) atoms. The van der Waals surface area contributed by atoms with Gasteiger partial charge in [0.15, 0.2) is 6.29 Å². The number of hydrogen-bond acceptors (Lipinski definition) is 21. The molecule has 4 unspecified atom stereocenters. The zero-order valence-corrected chi connectivity index (χ0v) is 32.4. The number of hydrogen-bond donors (Lipinski definition) is 14. The van der Waals surface area contributed by atoms with E-state index in [4.69, 9.17) is 43.8 Å². The summed E-state index contributed by atoms with van der Waals surface area (Å²) in [4.78, 5) is 25.3. The number of rotatable bonds is 6. The van der Waals surface area contributed by atoms with Gasteiger partial charge in [-0.25, -0.2) is 0 Å². The Kier molecular flexibility index (Phi) is 14.2. The third-order valence-corrected chi connectivity index (χ3v) is 10.00. The van der Waals surface area contributed by atoms with Crippen LogP contribution >= 0.6 is 0 Å². The third kappa shape index (κ3) is 9.83. The number of benzene rings is 4. The first-order chi connectivity index (χ1) is 29.9. The number of phenolic OH excluding ortho intramolecular Hbond substituents is 5. The molecule has 0 bridgehead atoms. The molecule has 6 aromatic rings. The van der Waals surface area contributed by atoms with Crippen molar-refractivity contribution >= 4 is 21.9 Å². The topological polar surface area (TPSA) is 371 Å². The quantitative estimate of drug-likeness (QED) is 0.0993. The minimum Gasteiger partial charge on any atom is -0.508 e. The van der Waals surface area contributed by atoms with Crippen molar-refractivity contribution in [3.05, 3.63) is 106 Å². The summed E-state index contributed by atoms with van der Waals surface area (Å²) < 4.78 is 26.1. The molecule has 0 radical (unpaired) electrons. The second-order valence-corrected chi connectivity index (χ2v) is 14.2. The molecule has 0 amide bonds. The Morgan fingerprint density at radius 3 is 1.43 bits per heavy atom. The number of aliphatic hydroxyl groups is 9. The van der Waals surface area contributed by atoms with Crippen molar-refractivity contribution in [2.75, 3.05) is 13.2 Å². The fourth-order valence-electron chi connectivity index (χ4n) is 6.56. The van der Waals surface area contributed by atoms with Gasteiger partial charge in [-0.2, -0.15) is 0 Å².